The van der Waals surface area contributed by atoms with E-state index >= 15 is 0 Å². The van der Waals surface area contributed by atoms with Gasteiger partial charge >= 0.3 is 6.09 Å². The Labute approximate surface area is 179 Å². The van der Waals surface area contributed by atoms with E-state index in [1.807, 2.05) is 39.6 Å². The predicted octanol–water partition coefficient (Wildman–Crippen LogP) is 2.27. The van der Waals surface area contributed by atoms with Gasteiger partial charge in [-0.25, -0.2) is 4.79 Å². The van der Waals surface area contributed by atoms with Gasteiger partial charge in [0.2, 0.25) is 0 Å². The molecule has 168 valence electrons. The van der Waals surface area contributed by atoms with Gasteiger partial charge < -0.3 is 24.4 Å². The zero-order valence-electron chi connectivity index (χ0n) is 19.1. The number of amides is 1. The van der Waals surface area contributed by atoms with Crippen LogP contribution in [0.4, 0.5) is 4.79 Å². The Morgan fingerprint density at radius 1 is 1.27 bits per heavy atom. The van der Waals surface area contributed by atoms with Crippen molar-refractivity contribution in [1.82, 2.24) is 29.9 Å². The molecule has 1 N–H and O–H groups in total. The molecule has 0 bridgehead atoms. The summed E-state index contributed by atoms with van der Waals surface area (Å²) in [5, 5.41) is 12.0. The number of aromatic nitrogens is 3. The van der Waals surface area contributed by atoms with Gasteiger partial charge in [0.25, 0.3) is 0 Å². The van der Waals surface area contributed by atoms with Gasteiger partial charge in [-0.15, -0.1) is 10.2 Å². The minimum atomic E-state index is -0.462. The lowest BCUT2D eigenvalue weighted by atomic mass is 9.96. The number of aryl methyl sites for hydroxylation is 1. The molecule has 0 aliphatic carbocycles. The van der Waals surface area contributed by atoms with Gasteiger partial charge in [0.05, 0.1) is 6.54 Å². The van der Waals surface area contributed by atoms with Crippen molar-refractivity contribution in [3.05, 3.63) is 11.6 Å². The Kier molecular flexibility index (Phi) is 7.20. The molecule has 3 rings (SSSR count). The number of carbonyl (C=O) groups excluding carboxylic acids is 1. The first-order valence-electron chi connectivity index (χ1n) is 11.1. The fraction of sp³-hybridized carbons (Fsp3) is 0.810. The average Bonchev–Trinajstić information content (AvgIpc) is 3.30. The molecule has 1 aromatic heterocycles. The largest absolute Gasteiger partial charge is 0.444 e. The molecule has 2 aliphatic rings. The van der Waals surface area contributed by atoms with Crippen molar-refractivity contribution in [3.8, 4) is 0 Å². The lowest BCUT2D eigenvalue weighted by molar-refractivity contribution is 0.0214. The zero-order chi connectivity index (χ0) is 21.7. The zero-order valence-corrected chi connectivity index (χ0v) is 19.1. The molecule has 0 spiro atoms. The molecule has 2 aliphatic heterocycles. The quantitative estimate of drug-likeness (QED) is 0.582. The van der Waals surface area contributed by atoms with Crippen LogP contribution in [0.1, 0.15) is 58.6 Å². The second kappa shape index (κ2) is 9.66. The molecule has 0 aromatic carbocycles. The molecule has 0 radical (unpaired) electrons. The van der Waals surface area contributed by atoms with E-state index in [-0.39, 0.29) is 6.09 Å². The molecule has 1 aromatic rings. The summed E-state index contributed by atoms with van der Waals surface area (Å²) in [5.41, 5.74) is -0.462. The maximum absolute atomic E-state index is 12.4. The molecule has 1 fully saturated rings. The number of nitrogens with one attached hydrogen (secondary N) is 1. The molecule has 0 atom stereocenters. The Bertz CT molecular complexity index is 745. The van der Waals surface area contributed by atoms with Crippen LogP contribution >= 0.6 is 0 Å². The molecule has 1 amide bonds. The summed E-state index contributed by atoms with van der Waals surface area (Å²) in [6, 6.07) is 0. The number of fused-ring (bicyclic) bond motifs is 1. The van der Waals surface area contributed by atoms with E-state index in [1.165, 1.54) is 0 Å². The number of hydrogen-bond acceptors (Lipinski definition) is 5. The van der Waals surface area contributed by atoms with Crippen molar-refractivity contribution in [2.75, 3.05) is 33.2 Å². The highest BCUT2D eigenvalue weighted by atomic mass is 16.6. The number of carbonyl (C=O) groups is 1. The second-order valence-corrected chi connectivity index (χ2v) is 9.14. The van der Waals surface area contributed by atoms with Gasteiger partial charge in [-0.3, -0.25) is 4.99 Å². The van der Waals surface area contributed by atoms with Crippen molar-refractivity contribution in [2.45, 2.75) is 72.1 Å². The summed E-state index contributed by atoms with van der Waals surface area (Å²) in [6.45, 7) is 12.6. The second-order valence-electron chi connectivity index (χ2n) is 9.14. The summed E-state index contributed by atoms with van der Waals surface area (Å²) < 4.78 is 7.75. The Morgan fingerprint density at radius 3 is 2.63 bits per heavy atom. The monoisotopic (exact) mass is 419 g/mol. The molecular weight excluding hydrogens is 382 g/mol. The standard InChI is InChI=1S/C21H37N7O2/c1-6-26(20(29)30-21(2,3)4)15-16-9-12-27(13-10-16)19(22-5)23-14-18-25-24-17-8-7-11-28(17)18/h16H,6-15H2,1-5H3,(H,22,23). The highest BCUT2D eigenvalue weighted by Crippen LogP contribution is 2.20. The van der Waals surface area contributed by atoms with Crippen LogP contribution in [0.3, 0.4) is 0 Å². The third-order valence-electron chi connectivity index (χ3n) is 5.73. The number of guanidine groups is 1. The summed E-state index contributed by atoms with van der Waals surface area (Å²) in [5.74, 6) is 3.46. The first kappa shape index (κ1) is 22.4. The molecule has 0 unspecified atom stereocenters. The van der Waals surface area contributed by atoms with Crippen molar-refractivity contribution in [2.24, 2.45) is 10.9 Å². The van der Waals surface area contributed by atoms with Crippen LogP contribution in [-0.4, -0.2) is 75.4 Å². The molecule has 0 saturated carbocycles. The smallest absolute Gasteiger partial charge is 0.410 e. The molecular formula is C21H37N7O2. The number of piperidine rings is 1. The molecule has 30 heavy (non-hydrogen) atoms. The van der Waals surface area contributed by atoms with Crippen LogP contribution < -0.4 is 5.32 Å². The topological polar surface area (TPSA) is 87.9 Å². The van der Waals surface area contributed by atoms with E-state index in [0.717, 1.165) is 69.5 Å². The van der Waals surface area contributed by atoms with E-state index in [2.05, 4.69) is 30.0 Å². The molecule has 3 heterocycles. The summed E-state index contributed by atoms with van der Waals surface area (Å²) in [7, 11) is 1.82. The van der Waals surface area contributed by atoms with Crippen molar-refractivity contribution in [1.29, 1.82) is 0 Å². The molecule has 1 saturated heterocycles. The van der Waals surface area contributed by atoms with Gasteiger partial charge in [-0.05, 0) is 52.9 Å². The Balaban J connectivity index is 1.47. The lowest BCUT2D eigenvalue weighted by Crippen LogP contribution is -2.47. The first-order valence-corrected chi connectivity index (χ1v) is 11.1. The van der Waals surface area contributed by atoms with E-state index in [1.54, 1.807) is 0 Å². The Morgan fingerprint density at radius 2 is 2.00 bits per heavy atom. The fourth-order valence-electron chi connectivity index (χ4n) is 4.13. The van der Waals surface area contributed by atoms with Gasteiger partial charge in [0.15, 0.2) is 11.8 Å². The number of rotatable bonds is 5. The summed E-state index contributed by atoms with van der Waals surface area (Å²) in [6.07, 6.45) is 4.01. The normalized spacial score (nSPS) is 17.8. The van der Waals surface area contributed by atoms with E-state index in [0.29, 0.717) is 19.0 Å². The van der Waals surface area contributed by atoms with E-state index in [4.69, 9.17) is 4.74 Å². The Hall–Kier alpha value is -2.32. The van der Waals surface area contributed by atoms with Gasteiger partial charge in [-0.2, -0.15) is 0 Å². The molecule has 9 heteroatoms. The van der Waals surface area contributed by atoms with Gasteiger partial charge in [0.1, 0.15) is 11.4 Å². The number of likely N-dealkylation sites (tertiary alicyclic amines) is 1. The number of ether oxygens (including phenoxy) is 1. The minimum absolute atomic E-state index is 0.217. The van der Waals surface area contributed by atoms with E-state index in [9.17, 15) is 4.79 Å². The highest BCUT2D eigenvalue weighted by Gasteiger charge is 2.27. The first-order chi connectivity index (χ1) is 14.3. The summed E-state index contributed by atoms with van der Waals surface area (Å²) >= 11 is 0. The van der Waals surface area contributed by atoms with Crippen LogP contribution in [0.15, 0.2) is 4.99 Å². The van der Waals surface area contributed by atoms with Crippen LogP contribution in [0.5, 0.6) is 0 Å². The maximum Gasteiger partial charge on any atom is 0.410 e. The molecule has 9 nitrogen and oxygen atoms in total. The van der Waals surface area contributed by atoms with Gasteiger partial charge in [0, 0.05) is 46.2 Å². The third kappa shape index (κ3) is 5.64. The van der Waals surface area contributed by atoms with Crippen LogP contribution in [0.25, 0.3) is 0 Å². The SMILES string of the molecule is CCN(CC1CCN(C(=NC)NCc2nnc3n2CCC3)CC1)C(=O)OC(C)(C)C. The van der Waals surface area contributed by atoms with Crippen molar-refractivity contribution >= 4 is 12.1 Å². The lowest BCUT2D eigenvalue weighted by Gasteiger charge is -2.36. The van der Waals surface area contributed by atoms with Crippen molar-refractivity contribution < 1.29 is 9.53 Å². The van der Waals surface area contributed by atoms with Crippen LogP contribution in [0.2, 0.25) is 0 Å². The van der Waals surface area contributed by atoms with Gasteiger partial charge in [-0.1, -0.05) is 0 Å². The van der Waals surface area contributed by atoms with Crippen molar-refractivity contribution in [3.63, 3.8) is 0 Å². The third-order valence-corrected chi connectivity index (χ3v) is 5.73. The number of aliphatic imine (C=N–C) groups is 1. The van der Waals surface area contributed by atoms with Crippen LogP contribution in [-0.2, 0) is 24.2 Å². The number of nitrogens with zero attached hydrogens (tertiary/aromatic N) is 6. The maximum atomic E-state index is 12.4. The van der Waals surface area contributed by atoms with E-state index < -0.39 is 5.60 Å². The minimum Gasteiger partial charge on any atom is -0.444 e. The highest BCUT2D eigenvalue weighted by molar-refractivity contribution is 5.79. The number of hydrogen-bond donors (Lipinski definition) is 1. The average molecular weight is 420 g/mol. The fourth-order valence-corrected chi connectivity index (χ4v) is 4.13. The predicted molar refractivity (Wildman–Crippen MR) is 116 cm³/mol. The van der Waals surface area contributed by atoms with Crippen LogP contribution in [0, 0.1) is 5.92 Å². The summed E-state index contributed by atoms with van der Waals surface area (Å²) in [4.78, 5) is 21.0.